The summed E-state index contributed by atoms with van der Waals surface area (Å²) in [5.41, 5.74) is 0. The fourth-order valence-corrected chi connectivity index (χ4v) is 3.68. The molecule has 5 nitrogen and oxygen atoms in total. The molecule has 0 aliphatic heterocycles. The summed E-state index contributed by atoms with van der Waals surface area (Å²) in [7, 11) is 3.45. The van der Waals surface area contributed by atoms with E-state index in [1.165, 1.54) is 28.3 Å². The molecule has 1 radical (unpaired) electrons. The van der Waals surface area contributed by atoms with Gasteiger partial charge in [-0.2, -0.15) is 0 Å². The summed E-state index contributed by atoms with van der Waals surface area (Å²) in [5.74, 6) is -0.248. The maximum atomic E-state index is 12.0. The van der Waals surface area contributed by atoms with Crippen LogP contribution in [0.2, 0.25) is 5.82 Å². The minimum absolute atomic E-state index is 0.00207. The van der Waals surface area contributed by atoms with Crippen LogP contribution in [0.5, 0.6) is 0 Å². The maximum Gasteiger partial charge on any atom is 0.317 e. The molecule has 0 spiro atoms. The maximum absolute atomic E-state index is 12.0. The van der Waals surface area contributed by atoms with Crippen LogP contribution in [0.25, 0.3) is 0 Å². The van der Waals surface area contributed by atoms with Gasteiger partial charge in [-0.05, 0) is 25.6 Å². The summed E-state index contributed by atoms with van der Waals surface area (Å²) in [6.07, 6.45) is 1.42. The number of hydrogen-bond acceptors (Lipinski definition) is 5. The number of carbonyl (C=O) groups is 2. The molecule has 2 N–H and O–H groups in total. The molecular weight excluding hydrogens is 331 g/mol. The van der Waals surface area contributed by atoms with Crippen molar-refractivity contribution in [1.82, 2.24) is 4.81 Å². The first kappa shape index (κ1) is 22.4. The lowest BCUT2D eigenvalue weighted by molar-refractivity contribution is -0.138. The molecule has 1 amide bonds. The highest BCUT2D eigenvalue weighted by molar-refractivity contribution is 8.14. The fourth-order valence-electron chi connectivity index (χ4n) is 1.85. The molecule has 131 valence electrons. The number of thioether (sulfide) groups is 2. The molecule has 0 aromatic rings. The van der Waals surface area contributed by atoms with Gasteiger partial charge in [-0.25, -0.2) is 0 Å². The standard InChI is InChI=1S/C15H28BN2O3S2/c1-10(2)16-18(5)14(19)9-12(15(20)21)22-8-6-7-13(17)23-11(3)4/h10-12,17H,6-9H2,1-5H3,(H,20,21). The Kier molecular flexibility index (Phi) is 11.5. The average Bonchev–Trinajstić information content (AvgIpc) is 2.39. The summed E-state index contributed by atoms with van der Waals surface area (Å²) in [5, 5.41) is 17.4. The van der Waals surface area contributed by atoms with Gasteiger partial charge in [0.05, 0.1) is 5.04 Å². The van der Waals surface area contributed by atoms with E-state index < -0.39 is 11.2 Å². The van der Waals surface area contributed by atoms with Crippen molar-refractivity contribution in [2.45, 2.75) is 63.3 Å². The molecule has 0 aliphatic rings. The zero-order valence-electron chi connectivity index (χ0n) is 14.7. The normalized spacial score (nSPS) is 12.3. The Morgan fingerprint density at radius 3 is 2.35 bits per heavy atom. The molecule has 1 unspecified atom stereocenters. The van der Waals surface area contributed by atoms with E-state index in [1.807, 2.05) is 27.7 Å². The van der Waals surface area contributed by atoms with E-state index in [4.69, 9.17) is 5.41 Å². The lowest BCUT2D eigenvalue weighted by Crippen LogP contribution is -2.35. The average molecular weight is 359 g/mol. The Morgan fingerprint density at radius 1 is 1.26 bits per heavy atom. The van der Waals surface area contributed by atoms with E-state index in [-0.39, 0.29) is 18.1 Å². The summed E-state index contributed by atoms with van der Waals surface area (Å²) in [4.78, 5) is 24.8. The number of carboxylic acid groups (broad SMARTS) is 1. The minimum atomic E-state index is -0.951. The molecule has 0 rings (SSSR count). The number of rotatable bonds is 11. The number of nitrogens with one attached hydrogen (secondary N) is 1. The lowest BCUT2D eigenvalue weighted by Gasteiger charge is -2.20. The van der Waals surface area contributed by atoms with Gasteiger partial charge in [0, 0.05) is 11.7 Å². The lowest BCUT2D eigenvalue weighted by atomic mass is 9.76. The Labute approximate surface area is 149 Å². The Morgan fingerprint density at radius 2 is 1.87 bits per heavy atom. The summed E-state index contributed by atoms with van der Waals surface area (Å²) in [6, 6.07) is 0. The predicted octanol–water partition coefficient (Wildman–Crippen LogP) is 3.37. The quantitative estimate of drug-likeness (QED) is 0.256. The van der Waals surface area contributed by atoms with E-state index >= 15 is 0 Å². The molecule has 23 heavy (non-hydrogen) atoms. The second-order valence-corrected chi connectivity index (χ2v) is 8.97. The van der Waals surface area contributed by atoms with E-state index in [9.17, 15) is 14.7 Å². The van der Waals surface area contributed by atoms with Gasteiger partial charge in [-0.1, -0.05) is 33.5 Å². The SMILES string of the molecule is CC(C)[B]N(C)C(=O)CC(SCCCC(=N)SC(C)C)C(=O)O. The molecule has 0 aliphatic carbocycles. The van der Waals surface area contributed by atoms with Crippen LogP contribution in [0.1, 0.15) is 47.0 Å². The largest absolute Gasteiger partial charge is 0.480 e. The number of nitrogens with zero attached hydrogens (tertiary/aromatic N) is 1. The van der Waals surface area contributed by atoms with Gasteiger partial charge in [-0.3, -0.25) is 15.0 Å². The van der Waals surface area contributed by atoms with Crippen molar-refractivity contribution >= 4 is 47.9 Å². The highest BCUT2D eigenvalue weighted by atomic mass is 32.2. The summed E-state index contributed by atoms with van der Waals surface area (Å²) >= 11 is 2.82. The number of hydrogen-bond donors (Lipinski definition) is 2. The third-order valence-electron chi connectivity index (χ3n) is 2.80. The van der Waals surface area contributed by atoms with Gasteiger partial charge in [-0.15, -0.1) is 23.5 Å². The summed E-state index contributed by atoms with van der Waals surface area (Å²) in [6.45, 7) is 8.03. The van der Waals surface area contributed by atoms with Crippen molar-refractivity contribution in [3.05, 3.63) is 0 Å². The zero-order chi connectivity index (χ0) is 18.0. The smallest absolute Gasteiger partial charge is 0.317 e. The van der Waals surface area contributed by atoms with E-state index in [2.05, 4.69) is 0 Å². The number of amides is 1. The first-order valence-corrected chi connectivity index (χ1v) is 9.75. The highest BCUT2D eigenvalue weighted by Gasteiger charge is 2.24. The van der Waals surface area contributed by atoms with Crippen LogP contribution >= 0.6 is 23.5 Å². The van der Waals surface area contributed by atoms with Crippen molar-refractivity contribution < 1.29 is 14.7 Å². The van der Waals surface area contributed by atoms with Crippen molar-refractivity contribution in [2.24, 2.45) is 0 Å². The van der Waals surface area contributed by atoms with Gasteiger partial charge in [0.1, 0.15) is 5.25 Å². The molecule has 0 bridgehead atoms. The van der Waals surface area contributed by atoms with Crippen molar-refractivity contribution in [3.8, 4) is 0 Å². The molecule has 8 heteroatoms. The van der Waals surface area contributed by atoms with Gasteiger partial charge in [0.25, 0.3) is 7.41 Å². The molecule has 0 saturated carbocycles. The van der Waals surface area contributed by atoms with Gasteiger partial charge < -0.3 is 9.92 Å². The first-order valence-electron chi connectivity index (χ1n) is 7.82. The third kappa shape index (κ3) is 11.5. The van der Waals surface area contributed by atoms with Crippen LogP contribution in [0.4, 0.5) is 0 Å². The number of carboxylic acids is 1. The molecule has 0 heterocycles. The number of aliphatic carboxylic acids is 1. The highest BCUT2D eigenvalue weighted by Crippen LogP contribution is 2.20. The van der Waals surface area contributed by atoms with Gasteiger partial charge in [0.15, 0.2) is 0 Å². The van der Waals surface area contributed by atoms with Crippen LogP contribution in [0.3, 0.4) is 0 Å². The van der Waals surface area contributed by atoms with Crippen LogP contribution in [0.15, 0.2) is 0 Å². The second kappa shape index (κ2) is 11.8. The first-order chi connectivity index (χ1) is 10.6. The molecule has 0 aromatic heterocycles. The van der Waals surface area contributed by atoms with Crippen LogP contribution < -0.4 is 0 Å². The molecule has 0 fully saturated rings. The van der Waals surface area contributed by atoms with Crippen LogP contribution in [-0.2, 0) is 9.59 Å². The topological polar surface area (TPSA) is 81.5 Å². The Bertz CT molecular complexity index is 406. The molecule has 1 atom stereocenters. The molecule has 0 aromatic carbocycles. The number of carbonyl (C=O) groups excluding carboxylic acids is 1. The van der Waals surface area contributed by atoms with Gasteiger partial charge >= 0.3 is 5.97 Å². The predicted molar refractivity (Wildman–Crippen MR) is 102 cm³/mol. The van der Waals surface area contributed by atoms with Crippen LogP contribution in [0, 0.1) is 5.41 Å². The van der Waals surface area contributed by atoms with E-state index in [0.29, 0.717) is 22.5 Å². The second-order valence-electron chi connectivity index (χ2n) is 5.99. The van der Waals surface area contributed by atoms with Crippen molar-refractivity contribution in [2.75, 3.05) is 12.8 Å². The van der Waals surface area contributed by atoms with Crippen molar-refractivity contribution in [1.29, 1.82) is 5.41 Å². The molecular formula is C15H28BN2O3S2. The van der Waals surface area contributed by atoms with E-state index in [0.717, 1.165) is 6.42 Å². The Balaban J connectivity index is 4.20. The van der Waals surface area contributed by atoms with E-state index in [1.54, 1.807) is 14.5 Å². The minimum Gasteiger partial charge on any atom is -0.480 e. The monoisotopic (exact) mass is 359 g/mol. The van der Waals surface area contributed by atoms with Gasteiger partial charge in [0.2, 0.25) is 5.91 Å². The zero-order valence-corrected chi connectivity index (χ0v) is 16.3. The van der Waals surface area contributed by atoms with Crippen LogP contribution in [-0.4, -0.2) is 57.6 Å². The molecule has 0 saturated heterocycles. The third-order valence-corrected chi connectivity index (χ3v) is 5.05. The van der Waals surface area contributed by atoms with Crippen molar-refractivity contribution in [3.63, 3.8) is 0 Å². The summed E-state index contributed by atoms with van der Waals surface area (Å²) < 4.78 is 0. The fraction of sp³-hybridized carbons (Fsp3) is 0.800. The Hall–Kier alpha value is -0.625.